The third-order valence-electron chi connectivity index (χ3n) is 6.31. The minimum atomic E-state index is -4.45. The highest BCUT2D eigenvalue weighted by atomic mass is 19.4. The quantitative estimate of drug-likeness (QED) is 0.304. The van der Waals surface area contributed by atoms with Gasteiger partial charge in [-0.05, 0) is 80.7 Å². The van der Waals surface area contributed by atoms with Crippen molar-refractivity contribution in [2.75, 3.05) is 26.7 Å². The molecule has 3 N–H and O–H groups in total. The number of rotatable bonds is 12. The van der Waals surface area contributed by atoms with Crippen LogP contribution in [0.25, 0.3) is 0 Å². The second-order valence-corrected chi connectivity index (χ2v) is 8.91. The summed E-state index contributed by atoms with van der Waals surface area (Å²) in [6.45, 7) is 2.18. The monoisotopic (exact) mass is 494 g/mol. The molecule has 192 valence electrons. The minimum absolute atomic E-state index is 0.0433. The van der Waals surface area contributed by atoms with Crippen molar-refractivity contribution < 1.29 is 32.9 Å². The summed E-state index contributed by atoms with van der Waals surface area (Å²) in [5.74, 6) is 0.620. The van der Waals surface area contributed by atoms with Crippen LogP contribution in [0.5, 0.6) is 5.75 Å². The van der Waals surface area contributed by atoms with E-state index >= 15 is 0 Å². The van der Waals surface area contributed by atoms with Gasteiger partial charge >= 0.3 is 6.18 Å². The van der Waals surface area contributed by atoms with Crippen LogP contribution in [0.3, 0.4) is 0 Å². The van der Waals surface area contributed by atoms with Crippen molar-refractivity contribution in [3.8, 4) is 5.75 Å². The van der Waals surface area contributed by atoms with E-state index in [1.54, 1.807) is 31.4 Å². The fourth-order valence-corrected chi connectivity index (χ4v) is 4.30. The van der Waals surface area contributed by atoms with Crippen LogP contribution in [0.4, 0.5) is 13.2 Å². The van der Waals surface area contributed by atoms with Crippen molar-refractivity contribution in [2.24, 2.45) is 0 Å². The zero-order valence-electron chi connectivity index (χ0n) is 19.8. The lowest BCUT2D eigenvalue weighted by atomic mass is 9.99. The van der Waals surface area contributed by atoms with Gasteiger partial charge in [0.15, 0.2) is 5.78 Å². The van der Waals surface area contributed by atoms with Gasteiger partial charge in [-0.25, -0.2) is 0 Å². The standard InChI is InChI=1S/C26H33F3N2O4/c1-35-21-13-9-18(10-14-21)23(32)5-4-6-24(33)30-22(17-31-15-2-3-16-31)25(34)19-7-11-20(12-8-19)26(27,28)29/h7-14,22,24-25,30,33-34H,2-6,15-17H2,1H3/t22-,24?,25-/m1/s1. The topological polar surface area (TPSA) is 82.0 Å². The van der Waals surface area contributed by atoms with Gasteiger partial charge in [-0.3, -0.25) is 10.1 Å². The maximum Gasteiger partial charge on any atom is 0.416 e. The van der Waals surface area contributed by atoms with Crippen LogP contribution in [0.2, 0.25) is 0 Å². The molecule has 2 aromatic carbocycles. The van der Waals surface area contributed by atoms with Crippen molar-refractivity contribution in [3.63, 3.8) is 0 Å². The van der Waals surface area contributed by atoms with Crippen LogP contribution in [-0.4, -0.2) is 59.9 Å². The van der Waals surface area contributed by atoms with Gasteiger partial charge in [0, 0.05) is 18.5 Å². The molecule has 1 aliphatic rings. The summed E-state index contributed by atoms with van der Waals surface area (Å²) < 4.78 is 43.8. The van der Waals surface area contributed by atoms with Crippen molar-refractivity contribution in [1.29, 1.82) is 0 Å². The van der Waals surface area contributed by atoms with Gasteiger partial charge < -0.3 is 19.8 Å². The Balaban J connectivity index is 1.57. The molecule has 1 heterocycles. The van der Waals surface area contributed by atoms with Crippen LogP contribution in [-0.2, 0) is 6.18 Å². The fourth-order valence-electron chi connectivity index (χ4n) is 4.30. The number of nitrogens with zero attached hydrogens (tertiary/aromatic N) is 1. The zero-order chi connectivity index (χ0) is 25.4. The van der Waals surface area contributed by atoms with Crippen molar-refractivity contribution >= 4 is 5.78 Å². The first kappa shape index (κ1) is 27.1. The van der Waals surface area contributed by atoms with Gasteiger partial charge in [-0.2, -0.15) is 13.2 Å². The molecule has 1 aliphatic heterocycles. The Labute approximate surface area is 203 Å². The van der Waals surface area contributed by atoms with E-state index in [0.29, 0.717) is 29.8 Å². The Morgan fingerprint density at radius 2 is 1.69 bits per heavy atom. The Morgan fingerprint density at radius 1 is 1.06 bits per heavy atom. The summed E-state index contributed by atoms with van der Waals surface area (Å²) in [5, 5.41) is 24.5. The van der Waals surface area contributed by atoms with Crippen molar-refractivity contribution in [1.82, 2.24) is 10.2 Å². The molecule has 0 aromatic heterocycles. The van der Waals surface area contributed by atoms with Gasteiger partial charge in [0.2, 0.25) is 0 Å². The maximum absolute atomic E-state index is 12.9. The molecule has 6 nitrogen and oxygen atoms in total. The predicted molar refractivity (Wildman–Crippen MR) is 126 cm³/mol. The number of nitrogens with one attached hydrogen (secondary N) is 1. The molecule has 0 radical (unpaired) electrons. The van der Waals surface area contributed by atoms with Gasteiger partial charge in [-0.1, -0.05) is 12.1 Å². The highest BCUT2D eigenvalue weighted by molar-refractivity contribution is 5.96. The molecule has 0 spiro atoms. The average Bonchev–Trinajstić information content (AvgIpc) is 3.36. The number of halogens is 3. The highest BCUT2D eigenvalue weighted by Crippen LogP contribution is 2.30. The summed E-state index contributed by atoms with van der Waals surface area (Å²) in [5.41, 5.74) is 0.133. The van der Waals surface area contributed by atoms with Crippen LogP contribution >= 0.6 is 0 Å². The predicted octanol–water partition coefficient (Wildman–Crippen LogP) is 4.17. The number of carbonyl (C=O) groups is 1. The Morgan fingerprint density at radius 3 is 2.26 bits per heavy atom. The second-order valence-electron chi connectivity index (χ2n) is 8.91. The van der Waals surface area contributed by atoms with Gasteiger partial charge in [0.05, 0.1) is 24.8 Å². The number of Topliss-reactive ketones (excluding diaryl/α,β-unsaturated/α-hetero) is 1. The van der Waals surface area contributed by atoms with E-state index in [1.807, 2.05) is 0 Å². The summed E-state index contributed by atoms with van der Waals surface area (Å²) in [4.78, 5) is 14.6. The number of aliphatic hydroxyl groups excluding tert-OH is 2. The first-order chi connectivity index (χ1) is 16.7. The highest BCUT2D eigenvalue weighted by Gasteiger charge is 2.31. The number of carbonyl (C=O) groups excluding carboxylic acids is 1. The first-order valence-corrected chi connectivity index (χ1v) is 11.9. The summed E-state index contributed by atoms with van der Waals surface area (Å²) in [7, 11) is 1.55. The van der Waals surface area contributed by atoms with E-state index in [4.69, 9.17) is 4.74 Å². The van der Waals surface area contributed by atoms with Gasteiger partial charge in [-0.15, -0.1) is 0 Å². The van der Waals surface area contributed by atoms with Crippen molar-refractivity contribution in [3.05, 3.63) is 65.2 Å². The Kier molecular flexibility index (Phi) is 9.68. The number of likely N-dealkylation sites (tertiary alicyclic amines) is 1. The molecule has 1 saturated heterocycles. The molecule has 3 atom stereocenters. The second kappa shape index (κ2) is 12.5. The molecule has 0 aliphatic carbocycles. The largest absolute Gasteiger partial charge is 0.497 e. The number of methoxy groups -OCH3 is 1. The normalized spacial score (nSPS) is 17.2. The number of ether oxygens (including phenoxy) is 1. The Hall–Kier alpha value is -2.46. The minimum Gasteiger partial charge on any atom is -0.497 e. The van der Waals surface area contributed by atoms with Crippen LogP contribution in [0, 0.1) is 0 Å². The van der Waals surface area contributed by atoms with Crippen molar-refractivity contribution in [2.45, 2.75) is 56.7 Å². The molecule has 2 aromatic rings. The summed E-state index contributed by atoms with van der Waals surface area (Å²) in [6.07, 6.45) is -3.47. The fraction of sp³-hybridized carbons (Fsp3) is 0.500. The molecule has 0 saturated carbocycles. The average molecular weight is 495 g/mol. The Bertz CT molecular complexity index is 929. The lowest BCUT2D eigenvalue weighted by molar-refractivity contribution is -0.137. The number of ketones is 1. The first-order valence-electron chi connectivity index (χ1n) is 11.9. The molecule has 0 amide bonds. The summed E-state index contributed by atoms with van der Waals surface area (Å²) in [6, 6.07) is 10.7. The molecular formula is C26H33F3N2O4. The number of hydrogen-bond donors (Lipinski definition) is 3. The van der Waals surface area contributed by atoms with Crippen LogP contribution in [0.15, 0.2) is 48.5 Å². The molecule has 1 fully saturated rings. The molecular weight excluding hydrogens is 461 g/mol. The van der Waals surface area contributed by atoms with E-state index in [2.05, 4.69) is 10.2 Å². The molecule has 9 heteroatoms. The smallest absolute Gasteiger partial charge is 0.416 e. The van der Waals surface area contributed by atoms with E-state index in [1.165, 1.54) is 12.1 Å². The summed E-state index contributed by atoms with van der Waals surface area (Å²) >= 11 is 0. The number of alkyl halides is 3. The molecule has 3 rings (SSSR count). The third kappa shape index (κ3) is 8.03. The number of hydrogen-bond acceptors (Lipinski definition) is 6. The third-order valence-corrected chi connectivity index (χ3v) is 6.31. The van der Waals surface area contributed by atoms with Gasteiger partial charge in [0.25, 0.3) is 0 Å². The lowest BCUT2D eigenvalue weighted by Gasteiger charge is -2.31. The maximum atomic E-state index is 12.9. The zero-order valence-corrected chi connectivity index (χ0v) is 19.8. The van der Waals surface area contributed by atoms with Crippen LogP contribution in [0.1, 0.15) is 59.7 Å². The number of benzene rings is 2. The van der Waals surface area contributed by atoms with E-state index in [-0.39, 0.29) is 18.6 Å². The van der Waals surface area contributed by atoms with Crippen LogP contribution < -0.4 is 10.1 Å². The molecule has 35 heavy (non-hydrogen) atoms. The molecule has 1 unspecified atom stereocenters. The number of aliphatic hydroxyl groups is 2. The van der Waals surface area contributed by atoms with E-state index < -0.39 is 30.1 Å². The SMILES string of the molecule is COc1ccc(C(=O)CCCC(O)N[C@H](CN2CCCC2)[C@H](O)c2ccc(C(F)(F)F)cc2)cc1. The lowest BCUT2D eigenvalue weighted by Crippen LogP contribution is -2.48. The van der Waals surface area contributed by atoms with Gasteiger partial charge in [0.1, 0.15) is 12.0 Å². The van der Waals surface area contributed by atoms with E-state index in [9.17, 15) is 28.2 Å². The van der Waals surface area contributed by atoms with E-state index in [0.717, 1.165) is 38.1 Å². The molecule has 0 bridgehead atoms.